The van der Waals surface area contributed by atoms with Crippen molar-refractivity contribution in [1.29, 1.82) is 0 Å². The highest BCUT2D eigenvalue weighted by Gasteiger charge is 2.07. The van der Waals surface area contributed by atoms with Crippen LogP contribution in [0.25, 0.3) is 6.08 Å². The van der Waals surface area contributed by atoms with Crippen molar-refractivity contribution in [1.82, 2.24) is 0 Å². The molecular weight excluding hydrogens is 347 g/mol. The van der Waals surface area contributed by atoms with E-state index in [-0.39, 0.29) is 5.97 Å². The van der Waals surface area contributed by atoms with Gasteiger partial charge in [0.15, 0.2) is 0 Å². The molecule has 1 aromatic rings. The van der Waals surface area contributed by atoms with Gasteiger partial charge in [-0.3, -0.25) is 0 Å². The number of rotatable bonds is 5. The van der Waals surface area contributed by atoms with Gasteiger partial charge < -0.3 is 14.2 Å². The topological polar surface area (TPSA) is 44.8 Å². The van der Waals surface area contributed by atoms with Crippen LogP contribution < -0.4 is 9.47 Å². The molecule has 5 heteroatoms. The summed E-state index contributed by atoms with van der Waals surface area (Å²) in [4.78, 5) is 11.5. The van der Waals surface area contributed by atoms with Gasteiger partial charge in [-0.1, -0.05) is 0 Å². The second-order valence-corrected chi connectivity index (χ2v) is 4.52. The molecule has 0 unspecified atom stereocenters. The third kappa shape index (κ3) is 4.21. The average molecular weight is 362 g/mol. The maximum Gasteiger partial charge on any atom is 0.344 e. The third-order valence-corrected chi connectivity index (χ3v) is 2.89. The fraction of sp³-hybridized carbons (Fsp3) is 0.308. The summed E-state index contributed by atoms with van der Waals surface area (Å²) in [6.45, 7) is 2.14. The first kappa shape index (κ1) is 14.8. The van der Waals surface area contributed by atoms with E-state index < -0.39 is 0 Å². The molecule has 0 spiro atoms. The van der Waals surface area contributed by atoms with Crippen LogP contribution in [0.4, 0.5) is 0 Å². The molecule has 1 aromatic carbocycles. The summed E-state index contributed by atoms with van der Waals surface area (Å²) in [6, 6.07) is 5.41. The van der Waals surface area contributed by atoms with Crippen LogP contribution in [0.2, 0.25) is 0 Å². The first-order chi connectivity index (χ1) is 8.60. The summed E-state index contributed by atoms with van der Waals surface area (Å²) in [5.41, 5.74) is 0.823. The average Bonchev–Trinajstić information content (AvgIpc) is 2.38. The van der Waals surface area contributed by atoms with E-state index in [4.69, 9.17) is 14.2 Å². The molecule has 0 N–H and O–H groups in total. The standard InChI is InChI=1S/C13H15IO4/c1-4-18-13(15)12(14)7-9-5-10(16-2)8-11(6-9)17-3/h5-8H,4H2,1-3H3/b12-7-. The molecule has 0 atom stereocenters. The van der Waals surface area contributed by atoms with Crippen molar-refractivity contribution in [3.8, 4) is 11.5 Å². The van der Waals surface area contributed by atoms with Crippen LogP contribution in [0.3, 0.4) is 0 Å². The minimum absolute atomic E-state index is 0.333. The number of esters is 1. The molecule has 0 aliphatic heterocycles. The number of carbonyl (C=O) groups is 1. The molecule has 0 fully saturated rings. The van der Waals surface area contributed by atoms with Gasteiger partial charge in [0.2, 0.25) is 0 Å². The van der Waals surface area contributed by atoms with Gasteiger partial charge >= 0.3 is 5.97 Å². The largest absolute Gasteiger partial charge is 0.497 e. The summed E-state index contributed by atoms with van der Waals surface area (Å²) in [5.74, 6) is 1.02. The van der Waals surface area contributed by atoms with E-state index in [1.165, 1.54) is 0 Å². The van der Waals surface area contributed by atoms with Crippen LogP contribution in [0, 0.1) is 0 Å². The maximum atomic E-state index is 11.5. The summed E-state index contributed by atoms with van der Waals surface area (Å²) >= 11 is 1.95. The van der Waals surface area contributed by atoms with Gasteiger partial charge in [-0.25, -0.2) is 4.79 Å². The fourth-order valence-corrected chi connectivity index (χ4v) is 1.83. The van der Waals surface area contributed by atoms with E-state index in [2.05, 4.69) is 0 Å². The van der Waals surface area contributed by atoms with Crippen molar-refractivity contribution < 1.29 is 19.0 Å². The lowest BCUT2D eigenvalue weighted by Gasteiger charge is -2.06. The molecule has 0 aliphatic rings. The Morgan fingerprint density at radius 3 is 2.22 bits per heavy atom. The first-order valence-corrected chi connectivity index (χ1v) is 6.46. The van der Waals surface area contributed by atoms with Gasteiger partial charge in [-0.15, -0.1) is 0 Å². The normalized spacial score (nSPS) is 11.0. The van der Waals surface area contributed by atoms with Crippen LogP contribution in [0.15, 0.2) is 21.8 Å². The van der Waals surface area contributed by atoms with Crippen molar-refractivity contribution in [2.75, 3.05) is 20.8 Å². The van der Waals surface area contributed by atoms with E-state index >= 15 is 0 Å². The first-order valence-electron chi connectivity index (χ1n) is 5.38. The SMILES string of the molecule is CCOC(=O)/C(I)=C/c1cc(OC)cc(OC)c1. The Kier molecular flexibility index (Phi) is 5.97. The van der Waals surface area contributed by atoms with Crippen molar-refractivity contribution >= 4 is 34.6 Å². The van der Waals surface area contributed by atoms with E-state index in [0.717, 1.165) is 5.56 Å². The summed E-state index contributed by atoms with van der Waals surface area (Å²) in [7, 11) is 3.16. The Hall–Kier alpha value is -1.24. The minimum atomic E-state index is -0.333. The molecular formula is C13H15IO4. The van der Waals surface area contributed by atoms with Crippen LogP contribution in [0.1, 0.15) is 12.5 Å². The lowest BCUT2D eigenvalue weighted by Crippen LogP contribution is -2.02. The molecule has 0 radical (unpaired) electrons. The van der Waals surface area contributed by atoms with Crippen LogP contribution in [-0.4, -0.2) is 26.8 Å². The number of methoxy groups -OCH3 is 2. The molecule has 0 heterocycles. The number of hydrogen-bond donors (Lipinski definition) is 0. The molecule has 0 aliphatic carbocycles. The number of benzene rings is 1. The highest BCUT2D eigenvalue weighted by Crippen LogP contribution is 2.25. The van der Waals surface area contributed by atoms with Gasteiger partial charge in [-0.05, 0) is 53.3 Å². The molecule has 98 valence electrons. The van der Waals surface area contributed by atoms with E-state index in [0.29, 0.717) is 21.7 Å². The Labute approximate surface area is 120 Å². The fourth-order valence-electron chi connectivity index (χ4n) is 1.32. The molecule has 0 saturated carbocycles. The van der Waals surface area contributed by atoms with E-state index in [1.54, 1.807) is 33.3 Å². The molecule has 4 nitrogen and oxygen atoms in total. The van der Waals surface area contributed by atoms with Crippen molar-refractivity contribution in [3.63, 3.8) is 0 Å². The van der Waals surface area contributed by atoms with Gasteiger partial charge in [0.1, 0.15) is 11.5 Å². The maximum absolute atomic E-state index is 11.5. The highest BCUT2D eigenvalue weighted by molar-refractivity contribution is 14.1. The summed E-state index contributed by atoms with van der Waals surface area (Å²) in [6.07, 6.45) is 1.73. The zero-order valence-corrected chi connectivity index (χ0v) is 12.7. The zero-order chi connectivity index (χ0) is 13.5. The zero-order valence-electron chi connectivity index (χ0n) is 10.5. The van der Waals surface area contributed by atoms with Gasteiger partial charge in [0, 0.05) is 6.07 Å². The lowest BCUT2D eigenvalue weighted by atomic mass is 10.2. The third-order valence-electron chi connectivity index (χ3n) is 2.14. The van der Waals surface area contributed by atoms with Gasteiger partial charge in [-0.2, -0.15) is 0 Å². The number of hydrogen-bond acceptors (Lipinski definition) is 4. The predicted molar refractivity (Wildman–Crippen MR) is 78.2 cm³/mol. The molecule has 0 aromatic heterocycles. The molecule has 18 heavy (non-hydrogen) atoms. The highest BCUT2D eigenvalue weighted by atomic mass is 127. The van der Waals surface area contributed by atoms with Crippen molar-refractivity contribution in [3.05, 3.63) is 27.3 Å². The summed E-state index contributed by atoms with van der Waals surface area (Å²) in [5, 5.41) is 0. The Morgan fingerprint density at radius 2 is 1.78 bits per heavy atom. The minimum Gasteiger partial charge on any atom is -0.497 e. The smallest absolute Gasteiger partial charge is 0.344 e. The van der Waals surface area contributed by atoms with Crippen LogP contribution in [-0.2, 0) is 9.53 Å². The Bertz CT molecular complexity index is 432. The Balaban J connectivity index is 3.02. The monoisotopic (exact) mass is 362 g/mol. The summed E-state index contributed by atoms with van der Waals surface area (Å²) < 4.78 is 15.7. The lowest BCUT2D eigenvalue weighted by molar-refractivity contribution is -0.137. The van der Waals surface area contributed by atoms with Crippen LogP contribution >= 0.6 is 22.6 Å². The number of carbonyl (C=O) groups excluding carboxylic acids is 1. The predicted octanol–water partition coefficient (Wildman–Crippen LogP) is 3.04. The second kappa shape index (κ2) is 7.25. The van der Waals surface area contributed by atoms with Gasteiger partial charge in [0.05, 0.1) is 24.4 Å². The van der Waals surface area contributed by atoms with E-state index in [9.17, 15) is 4.79 Å². The molecule has 0 bridgehead atoms. The number of ether oxygens (including phenoxy) is 3. The van der Waals surface area contributed by atoms with E-state index in [1.807, 2.05) is 34.7 Å². The number of halogens is 1. The second-order valence-electron chi connectivity index (χ2n) is 3.36. The van der Waals surface area contributed by atoms with Gasteiger partial charge in [0.25, 0.3) is 0 Å². The quantitative estimate of drug-likeness (QED) is 0.459. The van der Waals surface area contributed by atoms with Crippen molar-refractivity contribution in [2.45, 2.75) is 6.92 Å². The molecule has 0 amide bonds. The van der Waals surface area contributed by atoms with Crippen LogP contribution in [0.5, 0.6) is 11.5 Å². The molecule has 0 saturated heterocycles. The Morgan fingerprint density at radius 1 is 1.22 bits per heavy atom. The van der Waals surface area contributed by atoms with Crippen molar-refractivity contribution in [2.24, 2.45) is 0 Å². The molecule has 1 rings (SSSR count).